The van der Waals surface area contributed by atoms with Crippen molar-refractivity contribution in [2.45, 2.75) is 33.2 Å². The fourth-order valence-electron chi connectivity index (χ4n) is 1.36. The number of ether oxygens (including phenoxy) is 1. The fourth-order valence-corrected chi connectivity index (χ4v) is 2.18. The van der Waals surface area contributed by atoms with Crippen LogP contribution in [0.15, 0.2) is 5.38 Å². The number of carbonyl (C=O) groups excluding carboxylic acids is 1. The lowest BCUT2D eigenvalue weighted by molar-refractivity contribution is -0.120. The van der Waals surface area contributed by atoms with Gasteiger partial charge in [-0.15, -0.1) is 11.3 Å². The number of amides is 1. The maximum atomic E-state index is 11.4. The lowest BCUT2D eigenvalue weighted by Gasteiger charge is -2.09. The smallest absolute Gasteiger partial charge is 0.252 e. The number of nitrogens with zero attached hydrogens (tertiary/aromatic N) is 1. The third-order valence-electron chi connectivity index (χ3n) is 2.35. The minimum Gasteiger partial charge on any atom is -0.372 e. The van der Waals surface area contributed by atoms with Gasteiger partial charge in [-0.1, -0.05) is 6.92 Å². The first-order valence-corrected chi connectivity index (χ1v) is 7.11. The number of aromatic nitrogens is 1. The van der Waals surface area contributed by atoms with E-state index in [1.807, 2.05) is 12.3 Å². The normalized spacial score (nSPS) is 12.4. The number of rotatable bonds is 8. The Kier molecular flexibility index (Phi) is 6.85. The lowest BCUT2D eigenvalue weighted by Crippen LogP contribution is -2.20. The SMILES string of the molecule is CCCNC(C)c1csc(NC(=O)COCC)n1. The van der Waals surface area contributed by atoms with Crippen molar-refractivity contribution < 1.29 is 9.53 Å². The molecule has 1 unspecified atom stereocenters. The minimum absolute atomic E-state index is 0.0784. The summed E-state index contributed by atoms with van der Waals surface area (Å²) in [4.78, 5) is 15.8. The average molecular weight is 271 g/mol. The molecule has 0 aliphatic rings. The summed E-state index contributed by atoms with van der Waals surface area (Å²) in [6.07, 6.45) is 1.09. The highest BCUT2D eigenvalue weighted by Crippen LogP contribution is 2.20. The van der Waals surface area contributed by atoms with Gasteiger partial charge in [0.15, 0.2) is 5.13 Å². The van der Waals surface area contributed by atoms with Gasteiger partial charge < -0.3 is 10.1 Å². The van der Waals surface area contributed by atoms with Gasteiger partial charge in [0.05, 0.1) is 5.69 Å². The minimum atomic E-state index is -0.160. The van der Waals surface area contributed by atoms with Crippen LogP contribution >= 0.6 is 11.3 Å². The van der Waals surface area contributed by atoms with Crippen molar-refractivity contribution in [2.75, 3.05) is 25.1 Å². The first-order valence-electron chi connectivity index (χ1n) is 6.23. The van der Waals surface area contributed by atoms with Gasteiger partial charge in [0.2, 0.25) is 0 Å². The van der Waals surface area contributed by atoms with Crippen LogP contribution in [0.3, 0.4) is 0 Å². The summed E-state index contributed by atoms with van der Waals surface area (Å²) in [5.74, 6) is -0.160. The maximum Gasteiger partial charge on any atom is 0.252 e. The summed E-state index contributed by atoms with van der Waals surface area (Å²) in [5, 5.41) is 8.67. The number of thiazole rings is 1. The molecule has 1 rings (SSSR count). The molecule has 0 spiro atoms. The van der Waals surface area contributed by atoms with Gasteiger partial charge in [-0.3, -0.25) is 10.1 Å². The van der Waals surface area contributed by atoms with E-state index >= 15 is 0 Å². The molecule has 18 heavy (non-hydrogen) atoms. The molecule has 1 atom stereocenters. The zero-order chi connectivity index (χ0) is 13.4. The Morgan fingerprint density at radius 3 is 3.00 bits per heavy atom. The molecule has 1 aromatic rings. The maximum absolute atomic E-state index is 11.4. The number of carbonyl (C=O) groups is 1. The summed E-state index contributed by atoms with van der Waals surface area (Å²) < 4.78 is 5.03. The molecule has 1 aromatic heterocycles. The number of anilines is 1. The molecular weight excluding hydrogens is 250 g/mol. The molecule has 0 saturated carbocycles. The predicted octanol–water partition coefficient (Wildman–Crippen LogP) is 2.18. The molecule has 0 aliphatic heterocycles. The Hall–Kier alpha value is -0.980. The largest absolute Gasteiger partial charge is 0.372 e. The van der Waals surface area contributed by atoms with Gasteiger partial charge in [0.1, 0.15) is 6.61 Å². The van der Waals surface area contributed by atoms with Crippen LogP contribution in [0.1, 0.15) is 38.9 Å². The van der Waals surface area contributed by atoms with Gasteiger partial charge in [-0.25, -0.2) is 4.98 Å². The molecule has 1 amide bonds. The van der Waals surface area contributed by atoms with Crippen LogP contribution in [0, 0.1) is 0 Å². The zero-order valence-electron chi connectivity index (χ0n) is 11.2. The van der Waals surface area contributed by atoms with E-state index in [2.05, 4.69) is 29.5 Å². The summed E-state index contributed by atoms with van der Waals surface area (Å²) >= 11 is 1.43. The molecule has 0 radical (unpaired) electrons. The highest BCUT2D eigenvalue weighted by Gasteiger charge is 2.10. The number of hydrogen-bond acceptors (Lipinski definition) is 5. The van der Waals surface area contributed by atoms with Crippen LogP contribution in [-0.4, -0.2) is 30.6 Å². The first-order chi connectivity index (χ1) is 8.67. The van der Waals surface area contributed by atoms with E-state index in [1.165, 1.54) is 11.3 Å². The highest BCUT2D eigenvalue weighted by atomic mass is 32.1. The summed E-state index contributed by atoms with van der Waals surface area (Å²) in [7, 11) is 0. The Morgan fingerprint density at radius 1 is 1.56 bits per heavy atom. The van der Waals surface area contributed by atoms with Crippen LogP contribution in [-0.2, 0) is 9.53 Å². The predicted molar refractivity (Wildman–Crippen MR) is 73.9 cm³/mol. The van der Waals surface area contributed by atoms with Crippen LogP contribution < -0.4 is 10.6 Å². The van der Waals surface area contributed by atoms with Gasteiger partial charge in [0, 0.05) is 18.0 Å². The van der Waals surface area contributed by atoms with Crippen LogP contribution in [0.25, 0.3) is 0 Å². The van der Waals surface area contributed by atoms with Gasteiger partial charge in [0.25, 0.3) is 5.91 Å². The first kappa shape index (κ1) is 15.1. The van der Waals surface area contributed by atoms with Crippen LogP contribution in [0.4, 0.5) is 5.13 Å². The van der Waals surface area contributed by atoms with Crippen LogP contribution in [0.2, 0.25) is 0 Å². The average Bonchev–Trinajstić information content (AvgIpc) is 2.82. The van der Waals surface area contributed by atoms with Gasteiger partial charge in [-0.2, -0.15) is 0 Å². The van der Waals surface area contributed by atoms with Crippen molar-refractivity contribution >= 4 is 22.4 Å². The van der Waals surface area contributed by atoms with E-state index in [9.17, 15) is 4.79 Å². The molecule has 0 fully saturated rings. The number of hydrogen-bond donors (Lipinski definition) is 2. The molecule has 1 heterocycles. The molecule has 0 aromatic carbocycles. The third kappa shape index (κ3) is 5.12. The third-order valence-corrected chi connectivity index (χ3v) is 3.13. The molecule has 102 valence electrons. The van der Waals surface area contributed by atoms with Crippen LogP contribution in [0.5, 0.6) is 0 Å². The monoisotopic (exact) mass is 271 g/mol. The topological polar surface area (TPSA) is 63.2 Å². The van der Waals surface area contributed by atoms with Crippen molar-refractivity contribution in [3.8, 4) is 0 Å². The quantitative estimate of drug-likeness (QED) is 0.760. The van der Waals surface area contributed by atoms with Gasteiger partial charge in [-0.05, 0) is 26.8 Å². The van der Waals surface area contributed by atoms with E-state index in [-0.39, 0.29) is 18.6 Å². The molecule has 0 bridgehead atoms. The Labute approximate surface area is 112 Å². The fraction of sp³-hybridized carbons (Fsp3) is 0.667. The Balaban J connectivity index is 2.44. The van der Waals surface area contributed by atoms with E-state index < -0.39 is 0 Å². The summed E-state index contributed by atoms with van der Waals surface area (Å²) in [5.41, 5.74) is 0.958. The summed E-state index contributed by atoms with van der Waals surface area (Å²) in [6.45, 7) is 7.63. The van der Waals surface area contributed by atoms with E-state index in [0.717, 1.165) is 18.7 Å². The molecule has 6 heteroatoms. The molecule has 5 nitrogen and oxygen atoms in total. The highest BCUT2D eigenvalue weighted by molar-refractivity contribution is 7.13. The van der Waals surface area contributed by atoms with Crippen molar-refractivity contribution in [1.82, 2.24) is 10.3 Å². The lowest BCUT2D eigenvalue weighted by atomic mass is 10.2. The van der Waals surface area contributed by atoms with E-state index in [4.69, 9.17) is 4.74 Å². The Morgan fingerprint density at radius 2 is 2.33 bits per heavy atom. The van der Waals surface area contributed by atoms with E-state index in [0.29, 0.717) is 11.7 Å². The second kappa shape index (κ2) is 8.18. The van der Waals surface area contributed by atoms with Crippen molar-refractivity contribution in [2.24, 2.45) is 0 Å². The van der Waals surface area contributed by atoms with Crippen molar-refractivity contribution in [3.05, 3.63) is 11.1 Å². The van der Waals surface area contributed by atoms with E-state index in [1.54, 1.807) is 0 Å². The Bertz CT molecular complexity index is 368. The zero-order valence-corrected chi connectivity index (χ0v) is 12.0. The summed E-state index contributed by atoms with van der Waals surface area (Å²) in [6, 6.07) is 0.207. The standard InChI is InChI=1S/C12H21N3O2S/c1-4-6-13-9(3)10-8-18-12(14-10)15-11(16)7-17-5-2/h8-9,13H,4-7H2,1-3H3,(H,14,15,16). The second-order valence-corrected chi connectivity index (χ2v) is 4.80. The number of nitrogens with one attached hydrogen (secondary N) is 2. The van der Waals surface area contributed by atoms with Gasteiger partial charge >= 0.3 is 0 Å². The molecule has 2 N–H and O–H groups in total. The molecular formula is C12H21N3O2S. The molecule has 0 aliphatic carbocycles. The second-order valence-electron chi connectivity index (χ2n) is 3.94. The van der Waals surface area contributed by atoms with Crippen molar-refractivity contribution in [3.63, 3.8) is 0 Å². The van der Waals surface area contributed by atoms with Crippen molar-refractivity contribution in [1.29, 1.82) is 0 Å². The molecule has 0 saturated heterocycles.